The van der Waals surface area contributed by atoms with Crippen LogP contribution in [0.15, 0.2) is 54.6 Å². The molecule has 0 radical (unpaired) electrons. The van der Waals surface area contributed by atoms with Gasteiger partial charge in [-0.05, 0) is 36.2 Å². The fourth-order valence-corrected chi connectivity index (χ4v) is 4.57. The average molecular weight is 421 g/mol. The van der Waals surface area contributed by atoms with E-state index in [1.807, 2.05) is 55.5 Å². The number of piperazine rings is 1. The number of nitrogens with one attached hydrogen (secondary N) is 1. The summed E-state index contributed by atoms with van der Waals surface area (Å²) in [7, 11) is 0. The minimum absolute atomic E-state index is 0.226. The lowest BCUT2D eigenvalue weighted by Crippen LogP contribution is -2.66. The molecule has 0 saturated carbocycles. The number of likely N-dealkylation sites (N-methyl/N-ethyl adjacent to an activating group) is 1. The molecule has 7 heteroatoms. The zero-order valence-corrected chi connectivity index (χ0v) is 17.5. The number of fused-ring (bicyclic) bond motifs is 2. The van der Waals surface area contributed by atoms with Crippen LogP contribution in [-0.4, -0.2) is 70.4 Å². The third-order valence-electron chi connectivity index (χ3n) is 6.20. The second kappa shape index (κ2) is 8.89. The molecule has 0 aliphatic carbocycles. The predicted octanol–water partition coefficient (Wildman–Crippen LogP) is 2.27. The highest BCUT2D eigenvalue weighted by Crippen LogP contribution is 2.24. The van der Waals surface area contributed by atoms with E-state index in [9.17, 15) is 19.5 Å². The molecule has 0 unspecified atom stereocenters. The Hall–Kier alpha value is -3.19. The maximum Gasteiger partial charge on any atom is 0.327 e. The lowest BCUT2D eigenvalue weighted by Gasteiger charge is -2.46. The maximum absolute atomic E-state index is 13.5. The van der Waals surface area contributed by atoms with Gasteiger partial charge in [-0.25, -0.2) is 4.79 Å². The number of benzene rings is 2. The first-order valence-electron chi connectivity index (χ1n) is 10.7. The van der Waals surface area contributed by atoms with Crippen molar-refractivity contribution in [1.82, 2.24) is 15.1 Å². The first-order chi connectivity index (χ1) is 15.0. The second-order valence-electron chi connectivity index (χ2n) is 8.10. The van der Waals surface area contributed by atoms with Gasteiger partial charge < -0.3 is 15.3 Å². The van der Waals surface area contributed by atoms with Gasteiger partial charge in [-0.1, -0.05) is 55.5 Å². The maximum atomic E-state index is 13.5. The highest BCUT2D eigenvalue weighted by atomic mass is 16.4. The van der Waals surface area contributed by atoms with Gasteiger partial charge in [0.05, 0.1) is 0 Å². The summed E-state index contributed by atoms with van der Waals surface area (Å²) >= 11 is 0. The molecule has 31 heavy (non-hydrogen) atoms. The van der Waals surface area contributed by atoms with Gasteiger partial charge in [-0.2, -0.15) is 0 Å². The van der Waals surface area contributed by atoms with Gasteiger partial charge in [-0.3, -0.25) is 14.5 Å². The number of hydrogen-bond donors (Lipinski definition) is 2. The van der Waals surface area contributed by atoms with E-state index in [0.717, 1.165) is 17.3 Å². The summed E-state index contributed by atoms with van der Waals surface area (Å²) in [5.41, 5.74) is 0.499. The van der Waals surface area contributed by atoms with Gasteiger partial charge in [-0.15, -0.1) is 0 Å². The number of carboxylic acid groups (broad SMARTS) is 1. The van der Waals surface area contributed by atoms with Crippen LogP contribution < -0.4 is 5.32 Å². The molecule has 2 aromatic carbocycles. The number of rotatable bonds is 4. The number of nitrogens with zero attached hydrogens (tertiary/aromatic N) is 2. The van der Waals surface area contributed by atoms with Crippen LogP contribution in [0.1, 0.15) is 30.1 Å². The molecule has 1 fully saturated rings. The van der Waals surface area contributed by atoms with Crippen molar-refractivity contribution in [1.29, 1.82) is 0 Å². The van der Waals surface area contributed by atoms with E-state index < -0.39 is 18.1 Å². The van der Waals surface area contributed by atoms with Gasteiger partial charge in [0.25, 0.3) is 5.91 Å². The van der Waals surface area contributed by atoms with Gasteiger partial charge >= 0.3 is 5.97 Å². The first-order valence-corrected chi connectivity index (χ1v) is 10.7. The molecule has 7 nitrogen and oxygen atoms in total. The van der Waals surface area contributed by atoms with Crippen molar-refractivity contribution < 1.29 is 19.5 Å². The molecule has 2 amide bonds. The van der Waals surface area contributed by atoms with Gasteiger partial charge in [0.1, 0.15) is 12.1 Å². The topological polar surface area (TPSA) is 90.0 Å². The molecule has 0 bridgehead atoms. The monoisotopic (exact) mass is 421 g/mol. The number of hydrogen-bond acceptors (Lipinski definition) is 4. The molecule has 2 N–H and O–H groups in total. The van der Waals surface area contributed by atoms with E-state index in [-0.39, 0.29) is 17.9 Å². The number of carbonyl (C=O) groups excluding carboxylic acids is 2. The Morgan fingerprint density at radius 2 is 1.81 bits per heavy atom. The largest absolute Gasteiger partial charge is 0.480 e. The lowest BCUT2D eigenvalue weighted by molar-refractivity contribution is -0.158. The molecule has 2 heterocycles. The number of carbonyl (C=O) groups is 3. The van der Waals surface area contributed by atoms with Crippen LogP contribution >= 0.6 is 0 Å². The van der Waals surface area contributed by atoms with Crippen LogP contribution in [0.4, 0.5) is 0 Å². The summed E-state index contributed by atoms with van der Waals surface area (Å²) in [5.74, 6) is -1.67. The van der Waals surface area contributed by atoms with Crippen molar-refractivity contribution in [3.8, 4) is 0 Å². The fourth-order valence-electron chi connectivity index (χ4n) is 4.57. The summed E-state index contributed by atoms with van der Waals surface area (Å²) in [6.07, 6.45) is 4.83. The van der Waals surface area contributed by atoms with E-state index in [4.69, 9.17) is 0 Å². The summed E-state index contributed by atoms with van der Waals surface area (Å²) in [4.78, 5) is 42.1. The van der Waals surface area contributed by atoms with Crippen molar-refractivity contribution in [3.05, 3.63) is 60.2 Å². The SMILES string of the molecule is CCN1C[C@@H]2C/C=C\C[C@H](NC(=O)c3cccc4ccccc34)C(=O)N2[C@H](C(=O)O)C1. The molecule has 4 rings (SSSR count). The van der Waals surface area contributed by atoms with E-state index in [1.54, 1.807) is 6.07 Å². The molecule has 2 aliphatic rings. The predicted molar refractivity (Wildman–Crippen MR) is 118 cm³/mol. The Labute approximate surface area is 181 Å². The van der Waals surface area contributed by atoms with Crippen molar-refractivity contribution in [3.63, 3.8) is 0 Å². The Morgan fingerprint density at radius 3 is 2.58 bits per heavy atom. The molecule has 2 aromatic rings. The molecule has 3 atom stereocenters. The zero-order chi connectivity index (χ0) is 22.0. The van der Waals surface area contributed by atoms with Gasteiger partial charge in [0.15, 0.2) is 0 Å². The quantitative estimate of drug-likeness (QED) is 0.740. The smallest absolute Gasteiger partial charge is 0.327 e. The third-order valence-corrected chi connectivity index (χ3v) is 6.20. The van der Waals surface area contributed by atoms with Crippen LogP contribution in [0.25, 0.3) is 10.8 Å². The Bertz CT molecular complexity index is 1030. The van der Waals surface area contributed by atoms with Crippen molar-refractivity contribution >= 4 is 28.6 Å². The van der Waals surface area contributed by atoms with Crippen LogP contribution in [0.5, 0.6) is 0 Å². The Kier molecular flexibility index (Phi) is 6.04. The minimum Gasteiger partial charge on any atom is -0.480 e. The van der Waals surface area contributed by atoms with Crippen LogP contribution in [0, 0.1) is 0 Å². The first kappa shape index (κ1) is 21.1. The van der Waals surface area contributed by atoms with Crippen LogP contribution in [0.3, 0.4) is 0 Å². The molecule has 0 aromatic heterocycles. The van der Waals surface area contributed by atoms with Gasteiger partial charge in [0, 0.05) is 24.7 Å². The van der Waals surface area contributed by atoms with E-state index in [0.29, 0.717) is 31.5 Å². The molecule has 2 aliphatic heterocycles. The number of carboxylic acids is 1. The second-order valence-corrected chi connectivity index (χ2v) is 8.10. The summed E-state index contributed by atoms with van der Waals surface area (Å²) in [6.45, 7) is 3.64. The molecule has 162 valence electrons. The minimum atomic E-state index is -1.01. The zero-order valence-electron chi connectivity index (χ0n) is 17.5. The van der Waals surface area contributed by atoms with E-state index in [2.05, 4.69) is 10.2 Å². The highest BCUT2D eigenvalue weighted by molar-refractivity contribution is 6.08. The third kappa shape index (κ3) is 4.18. The summed E-state index contributed by atoms with van der Waals surface area (Å²) < 4.78 is 0. The van der Waals surface area contributed by atoms with Crippen LogP contribution in [0.2, 0.25) is 0 Å². The number of aliphatic carboxylic acids is 1. The van der Waals surface area contributed by atoms with Crippen molar-refractivity contribution in [2.24, 2.45) is 0 Å². The van der Waals surface area contributed by atoms with E-state index in [1.165, 1.54) is 4.90 Å². The average Bonchev–Trinajstić information content (AvgIpc) is 2.78. The molecular weight excluding hydrogens is 394 g/mol. The molecular formula is C24H27N3O4. The number of amides is 2. The Morgan fingerprint density at radius 1 is 1.06 bits per heavy atom. The summed E-state index contributed by atoms with van der Waals surface area (Å²) in [5, 5.41) is 14.4. The fraction of sp³-hybridized carbons (Fsp3) is 0.375. The Balaban J connectivity index is 1.62. The molecule has 1 saturated heterocycles. The standard InChI is InChI=1S/C24H27N3O4/c1-2-26-14-17-10-4-6-13-20(23(29)27(17)21(15-26)24(30)31)25-22(28)19-12-7-9-16-8-3-5-11-18(16)19/h3-9,11-12,17,20-21H,2,10,13-15H2,1H3,(H,25,28)(H,30,31)/b6-4-/t17-,20-,21-/m0/s1. The highest BCUT2D eigenvalue weighted by Gasteiger charge is 2.43. The van der Waals surface area contributed by atoms with Crippen molar-refractivity contribution in [2.75, 3.05) is 19.6 Å². The van der Waals surface area contributed by atoms with E-state index >= 15 is 0 Å². The normalized spacial score (nSPS) is 25.4. The lowest BCUT2D eigenvalue weighted by atomic mass is 9.97. The van der Waals surface area contributed by atoms with Crippen molar-refractivity contribution in [2.45, 2.75) is 37.9 Å². The summed E-state index contributed by atoms with van der Waals surface area (Å²) in [6, 6.07) is 11.1. The van der Waals surface area contributed by atoms with Gasteiger partial charge in [0.2, 0.25) is 5.91 Å². The van der Waals surface area contributed by atoms with Crippen LogP contribution in [-0.2, 0) is 9.59 Å². The molecule has 0 spiro atoms.